The van der Waals surface area contributed by atoms with Crippen LogP contribution in [0.25, 0.3) is 0 Å². The number of carbonyl (C=O) groups excluding carboxylic acids is 1. The van der Waals surface area contributed by atoms with E-state index in [0.29, 0.717) is 13.0 Å². The van der Waals surface area contributed by atoms with Gasteiger partial charge in [-0.3, -0.25) is 0 Å². The Morgan fingerprint density at radius 2 is 2.06 bits per heavy atom. The van der Waals surface area contributed by atoms with Crippen LogP contribution in [0.4, 0.5) is 0 Å². The van der Waals surface area contributed by atoms with Crippen LogP contribution < -0.4 is 0 Å². The lowest BCUT2D eigenvalue weighted by Gasteiger charge is -2.21. The van der Waals surface area contributed by atoms with Crippen molar-refractivity contribution in [2.45, 2.75) is 25.9 Å². The van der Waals surface area contributed by atoms with Gasteiger partial charge in [0.05, 0.1) is 12.2 Å². The van der Waals surface area contributed by atoms with E-state index >= 15 is 0 Å². The first-order valence-corrected chi connectivity index (χ1v) is 5.67. The lowest BCUT2D eigenvalue weighted by Crippen LogP contribution is -2.19. The first-order chi connectivity index (χ1) is 8.06. The molecule has 0 saturated carbocycles. The fourth-order valence-corrected chi connectivity index (χ4v) is 1.49. The minimum Gasteiger partial charge on any atom is -0.463 e. The van der Waals surface area contributed by atoms with Gasteiger partial charge in [0.1, 0.15) is 0 Å². The molecule has 0 aliphatic heterocycles. The van der Waals surface area contributed by atoms with Gasteiger partial charge in [-0.15, -0.1) is 0 Å². The molecule has 0 bridgehead atoms. The van der Waals surface area contributed by atoms with E-state index in [-0.39, 0.29) is 5.97 Å². The molecule has 0 aliphatic rings. The van der Waals surface area contributed by atoms with Crippen molar-refractivity contribution in [1.29, 1.82) is 0 Å². The van der Waals surface area contributed by atoms with E-state index < -0.39 is 5.60 Å². The summed E-state index contributed by atoms with van der Waals surface area (Å²) in [5, 5.41) is 10.2. The summed E-state index contributed by atoms with van der Waals surface area (Å²) in [5.41, 5.74) is -0.141. The van der Waals surface area contributed by atoms with Crippen molar-refractivity contribution >= 4 is 5.97 Å². The van der Waals surface area contributed by atoms with Crippen molar-refractivity contribution in [1.82, 2.24) is 0 Å². The lowest BCUT2D eigenvalue weighted by atomic mass is 9.92. The molecule has 0 saturated heterocycles. The molecule has 17 heavy (non-hydrogen) atoms. The molecule has 0 fully saturated rings. The topological polar surface area (TPSA) is 46.5 Å². The molecule has 0 aromatic heterocycles. The number of benzene rings is 1. The third kappa shape index (κ3) is 4.41. The number of hydrogen-bond donors (Lipinski definition) is 1. The Bertz CT molecular complexity index is 380. The molecule has 1 N–H and O–H groups in total. The minimum atomic E-state index is -0.968. The molecule has 1 rings (SSSR count). The first-order valence-electron chi connectivity index (χ1n) is 5.67. The van der Waals surface area contributed by atoms with Crippen LogP contribution in [0.15, 0.2) is 42.5 Å². The van der Waals surface area contributed by atoms with Gasteiger partial charge in [0, 0.05) is 6.08 Å². The van der Waals surface area contributed by atoms with Crippen molar-refractivity contribution in [3.63, 3.8) is 0 Å². The van der Waals surface area contributed by atoms with Crippen molar-refractivity contribution in [3.8, 4) is 0 Å². The third-order valence-electron chi connectivity index (χ3n) is 2.45. The maximum absolute atomic E-state index is 11.1. The molecule has 0 heterocycles. The van der Waals surface area contributed by atoms with Crippen LogP contribution in [-0.4, -0.2) is 17.7 Å². The van der Waals surface area contributed by atoms with Gasteiger partial charge in [-0.2, -0.15) is 0 Å². The van der Waals surface area contributed by atoms with Crippen molar-refractivity contribution in [2.24, 2.45) is 0 Å². The highest BCUT2D eigenvalue weighted by atomic mass is 16.5. The number of carbonyl (C=O) groups is 1. The van der Waals surface area contributed by atoms with E-state index in [4.69, 9.17) is 4.74 Å². The van der Waals surface area contributed by atoms with E-state index in [2.05, 4.69) is 0 Å². The van der Waals surface area contributed by atoms with Crippen molar-refractivity contribution in [2.75, 3.05) is 6.61 Å². The SMILES string of the molecule is CCOC(=O)C=CCC(C)(O)c1ccccc1. The van der Waals surface area contributed by atoms with E-state index in [1.165, 1.54) is 6.08 Å². The monoisotopic (exact) mass is 234 g/mol. The van der Waals surface area contributed by atoms with E-state index in [0.717, 1.165) is 5.56 Å². The molecule has 1 unspecified atom stereocenters. The molecule has 0 amide bonds. The van der Waals surface area contributed by atoms with Crippen LogP contribution in [-0.2, 0) is 15.1 Å². The van der Waals surface area contributed by atoms with Gasteiger partial charge in [-0.1, -0.05) is 36.4 Å². The molecule has 0 spiro atoms. The second-order valence-electron chi connectivity index (χ2n) is 4.00. The lowest BCUT2D eigenvalue weighted by molar-refractivity contribution is -0.137. The summed E-state index contributed by atoms with van der Waals surface area (Å²) in [5.74, 6) is -0.378. The van der Waals surface area contributed by atoms with E-state index in [1.807, 2.05) is 30.3 Å². The summed E-state index contributed by atoms with van der Waals surface area (Å²) in [4.78, 5) is 11.1. The van der Waals surface area contributed by atoms with Crippen LogP contribution in [0.1, 0.15) is 25.8 Å². The number of hydrogen-bond acceptors (Lipinski definition) is 3. The second-order valence-corrected chi connectivity index (χ2v) is 4.00. The Balaban J connectivity index is 2.59. The largest absolute Gasteiger partial charge is 0.463 e. The molecule has 1 aromatic carbocycles. The molecule has 92 valence electrons. The predicted molar refractivity (Wildman–Crippen MR) is 66.4 cm³/mol. The molecule has 0 aliphatic carbocycles. The van der Waals surface area contributed by atoms with Crippen molar-refractivity contribution < 1.29 is 14.6 Å². The number of ether oxygens (including phenoxy) is 1. The van der Waals surface area contributed by atoms with Crippen molar-refractivity contribution in [3.05, 3.63) is 48.0 Å². The smallest absolute Gasteiger partial charge is 0.330 e. The zero-order valence-corrected chi connectivity index (χ0v) is 10.2. The van der Waals surface area contributed by atoms with Gasteiger partial charge in [0.2, 0.25) is 0 Å². The summed E-state index contributed by atoms with van der Waals surface area (Å²) in [6.45, 7) is 3.84. The first kappa shape index (κ1) is 13.5. The highest BCUT2D eigenvalue weighted by Crippen LogP contribution is 2.24. The maximum atomic E-state index is 11.1. The van der Waals surface area contributed by atoms with Crippen LogP contribution in [0.3, 0.4) is 0 Å². The summed E-state index contributed by atoms with van der Waals surface area (Å²) >= 11 is 0. The van der Waals surface area contributed by atoms with E-state index in [1.54, 1.807) is 19.9 Å². The summed E-state index contributed by atoms with van der Waals surface area (Å²) in [6.07, 6.45) is 3.35. The Kier molecular flexibility index (Phi) is 4.91. The third-order valence-corrected chi connectivity index (χ3v) is 2.45. The normalized spacial score (nSPS) is 14.5. The maximum Gasteiger partial charge on any atom is 0.330 e. The number of rotatable bonds is 5. The van der Waals surface area contributed by atoms with Gasteiger partial charge in [0.25, 0.3) is 0 Å². The highest BCUT2D eigenvalue weighted by Gasteiger charge is 2.20. The highest BCUT2D eigenvalue weighted by molar-refractivity contribution is 5.81. The Hall–Kier alpha value is -1.61. The van der Waals surface area contributed by atoms with Gasteiger partial charge >= 0.3 is 5.97 Å². The molecular weight excluding hydrogens is 216 g/mol. The van der Waals surface area contributed by atoms with Gasteiger partial charge in [0.15, 0.2) is 0 Å². The Labute approximate surface area is 102 Å². The fourth-order valence-electron chi connectivity index (χ4n) is 1.49. The zero-order chi connectivity index (χ0) is 12.7. The van der Waals surface area contributed by atoms with Gasteiger partial charge < -0.3 is 9.84 Å². The minimum absolute atomic E-state index is 0.359. The number of esters is 1. The quantitative estimate of drug-likeness (QED) is 0.628. The second kappa shape index (κ2) is 6.21. The molecule has 0 radical (unpaired) electrons. The summed E-state index contributed by atoms with van der Waals surface area (Å²) in [6, 6.07) is 9.36. The molecule has 3 nitrogen and oxygen atoms in total. The van der Waals surface area contributed by atoms with Gasteiger partial charge in [-0.25, -0.2) is 4.79 Å². The molecular formula is C14H18O3. The average molecular weight is 234 g/mol. The molecule has 1 aromatic rings. The Morgan fingerprint density at radius 3 is 2.65 bits per heavy atom. The zero-order valence-electron chi connectivity index (χ0n) is 10.2. The summed E-state index contributed by atoms with van der Waals surface area (Å²) in [7, 11) is 0. The molecule has 1 atom stereocenters. The molecule has 3 heteroatoms. The average Bonchev–Trinajstić information content (AvgIpc) is 2.30. The van der Waals surface area contributed by atoms with Crippen LogP contribution in [0.2, 0.25) is 0 Å². The van der Waals surface area contributed by atoms with Gasteiger partial charge in [-0.05, 0) is 25.8 Å². The Morgan fingerprint density at radius 1 is 1.41 bits per heavy atom. The number of aliphatic hydroxyl groups is 1. The van der Waals surface area contributed by atoms with Crippen LogP contribution in [0, 0.1) is 0 Å². The van der Waals surface area contributed by atoms with Crippen LogP contribution in [0.5, 0.6) is 0 Å². The van der Waals surface area contributed by atoms with E-state index in [9.17, 15) is 9.90 Å². The summed E-state index contributed by atoms with van der Waals surface area (Å²) < 4.78 is 4.75. The van der Waals surface area contributed by atoms with Crippen LogP contribution >= 0.6 is 0 Å². The predicted octanol–water partition coefficient (Wildman–Crippen LogP) is 2.40. The fraction of sp³-hybridized carbons (Fsp3) is 0.357. The standard InChI is InChI=1S/C14H18O3/c1-3-17-13(15)10-7-11-14(2,16)12-8-5-4-6-9-12/h4-10,16H,3,11H2,1-2H3.